The third-order valence-corrected chi connectivity index (χ3v) is 3.36. The van der Waals surface area contributed by atoms with Crippen LogP contribution in [0.5, 0.6) is 0 Å². The van der Waals surface area contributed by atoms with Gasteiger partial charge < -0.3 is 10.4 Å². The van der Waals surface area contributed by atoms with Crippen LogP contribution in [0, 0.1) is 0 Å². The Morgan fingerprint density at radius 3 is 2.67 bits per heavy atom. The van der Waals surface area contributed by atoms with Crippen molar-refractivity contribution in [2.75, 3.05) is 6.54 Å². The normalized spacial score (nSPS) is 20.7. The average molecular weight is 211 g/mol. The fourth-order valence-electron chi connectivity index (χ4n) is 2.11. The largest absolute Gasteiger partial charge is 0.389 e. The second-order valence-corrected chi connectivity index (χ2v) is 4.81. The summed E-state index contributed by atoms with van der Waals surface area (Å²) in [5, 5.41) is 13.5. The van der Waals surface area contributed by atoms with Gasteiger partial charge in [0.05, 0.1) is 5.60 Å². The lowest BCUT2D eigenvalue weighted by Gasteiger charge is -2.38. The highest BCUT2D eigenvalue weighted by molar-refractivity contribution is 4.90. The summed E-state index contributed by atoms with van der Waals surface area (Å²) in [6.07, 6.45) is 9.72. The fraction of sp³-hybridized carbons (Fsp3) is 0.846. The minimum atomic E-state index is -0.389. The molecule has 0 amide bonds. The highest BCUT2D eigenvalue weighted by atomic mass is 16.3. The van der Waals surface area contributed by atoms with Crippen molar-refractivity contribution in [3.8, 4) is 0 Å². The molecule has 1 rings (SSSR count). The van der Waals surface area contributed by atoms with E-state index in [2.05, 4.69) is 18.8 Å². The van der Waals surface area contributed by atoms with E-state index >= 15 is 0 Å². The lowest BCUT2D eigenvalue weighted by molar-refractivity contribution is -0.0335. The predicted molar refractivity (Wildman–Crippen MR) is 64.9 cm³/mol. The molecule has 1 aliphatic carbocycles. The number of nitrogens with one attached hydrogen (secondary N) is 1. The molecule has 1 aliphatic rings. The van der Waals surface area contributed by atoms with Crippen LogP contribution < -0.4 is 5.32 Å². The highest BCUT2D eigenvalue weighted by Gasteiger charge is 2.34. The van der Waals surface area contributed by atoms with Gasteiger partial charge >= 0.3 is 0 Å². The van der Waals surface area contributed by atoms with Crippen molar-refractivity contribution in [2.45, 2.75) is 63.5 Å². The van der Waals surface area contributed by atoms with Crippen LogP contribution in [0.4, 0.5) is 0 Å². The zero-order valence-corrected chi connectivity index (χ0v) is 9.97. The quantitative estimate of drug-likeness (QED) is 0.605. The van der Waals surface area contributed by atoms with Crippen molar-refractivity contribution in [1.29, 1.82) is 0 Å². The molecule has 0 bridgehead atoms. The van der Waals surface area contributed by atoms with E-state index in [9.17, 15) is 5.11 Å². The molecule has 0 aromatic carbocycles. The minimum absolute atomic E-state index is 0.389. The third kappa shape index (κ3) is 4.35. The van der Waals surface area contributed by atoms with Crippen LogP contribution in [0.3, 0.4) is 0 Å². The topological polar surface area (TPSA) is 32.3 Å². The maximum Gasteiger partial charge on any atom is 0.0771 e. The van der Waals surface area contributed by atoms with Gasteiger partial charge in [0.25, 0.3) is 0 Å². The molecule has 2 heteroatoms. The summed E-state index contributed by atoms with van der Waals surface area (Å²) >= 11 is 0. The Morgan fingerprint density at radius 1 is 1.47 bits per heavy atom. The summed E-state index contributed by atoms with van der Waals surface area (Å²) in [5.41, 5.74) is -0.389. The summed E-state index contributed by atoms with van der Waals surface area (Å²) in [6.45, 7) is 6.73. The molecule has 1 fully saturated rings. The summed E-state index contributed by atoms with van der Waals surface area (Å²) in [6, 6.07) is 0.553. The van der Waals surface area contributed by atoms with Gasteiger partial charge in [-0.2, -0.15) is 0 Å². The number of hydrogen-bond acceptors (Lipinski definition) is 2. The SMILES string of the molecule is C=CCCC(CCC)NCC1(O)CCC1. The molecule has 0 heterocycles. The number of allylic oxidation sites excluding steroid dienone is 1. The lowest BCUT2D eigenvalue weighted by atomic mass is 9.80. The fourth-order valence-corrected chi connectivity index (χ4v) is 2.11. The van der Waals surface area contributed by atoms with Gasteiger partial charge in [0.2, 0.25) is 0 Å². The Labute approximate surface area is 93.8 Å². The molecule has 88 valence electrons. The molecular weight excluding hydrogens is 186 g/mol. The van der Waals surface area contributed by atoms with Crippen molar-refractivity contribution in [1.82, 2.24) is 5.32 Å². The molecule has 0 aromatic heterocycles. The molecule has 0 saturated heterocycles. The Bertz CT molecular complexity index is 187. The minimum Gasteiger partial charge on any atom is -0.389 e. The van der Waals surface area contributed by atoms with Gasteiger partial charge in [0, 0.05) is 12.6 Å². The predicted octanol–water partition coefficient (Wildman–Crippen LogP) is 2.63. The third-order valence-electron chi connectivity index (χ3n) is 3.36. The molecule has 0 spiro atoms. The Morgan fingerprint density at radius 2 is 2.20 bits per heavy atom. The van der Waals surface area contributed by atoms with E-state index < -0.39 is 0 Å². The monoisotopic (exact) mass is 211 g/mol. The van der Waals surface area contributed by atoms with Crippen molar-refractivity contribution in [2.24, 2.45) is 0 Å². The molecule has 1 atom stereocenters. The van der Waals surface area contributed by atoms with Gasteiger partial charge in [-0.05, 0) is 38.5 Å². The van der Waals surface area contributed by atoms with Crippen LogP contribution in [0.1, 0.15) is 51.9 Å². The standard InChI is InChI=1S/C13H25NO/c1-3-5-8-12(7-4-2)14-11-13(15)9-6-10-13/h3,12,14-15H,1,4-11H2,2H3. The first-order valence-electron chi connectivity index (χ1n) is 6.27. The summed E-state index contributed by atoms with van der Waals surface area (Å²) in [5.74, 6) is 0. The Hall–Kier alpha value is -0.340. The molecule has 2 N–H and O–H groups in total. The molecule has 0 aromatic rings. The second kappa shape index (κ2) is 6.29. The highest BCUT2D eigenvalue weighted by Crippen LogP contribution is 2.30. The lowest BCUT2D eigenvalue weighted by Crippen LogP contribution is -2.48. The smallest absolute Gasteiger partial charge is 0.0771 e. The number of rotatable bonds is 8. The van der Waals surface area contributed by atoms with Crippen LogP contribution in [0.25, 0.3) is 0 Å². The molecule has 1 saturated carbocycles. The van der Waals surface area contributed by atoms with E-state index in [0.717, 1.165) is 32.2 Å². The molecule has 2 nitrogen and oxygen atoms in total. The van der Waals surface area contributed by atoms with Gasteiger partial charge in [-0.25, -0.2) is 0 Å². The molecule has 15 heavy (non-hydrogen) atoms. The molecular formula is C13H25NO. The second-order valence-electron chi connectivity index (χ2n) is 4.81. The molecule has 0 radical (unpaired) electrons. The zero-order valence-electron chi connectivity index (χ0n) is 9.97. The Kier molecular flexibility index (Phi) is 5.34. The van der Waals surface area contributed by atoms with E-state index in [1.807, 2.05) is 6.08 Å². The maximum atomic E-state index is 9.97. The van der Waals surface area contributed by atoms with Crippen LogP contribution in [0.15, 0.2) is 12.7 Å². The van der Waals surface area contributed by atoms with Crippen molar-refractivity contribution < 1.29 is 5.11 Å². The van der Waals surface area contributed by atoms with E-state index in [1.54, 1.807) is 0 Å². The van der Waals surface area contributed by atoms with Crippen LogP contribution in [-0.2, 0) is 0 Å². The Balaban J connectivity index is 2.20. The number of hydrogen-bond donors (Lipinski definition) is 2. The summed E-state index contributed by atoms with van der Waals surface area (Å²) < 4.78 is 0. The maximum absolute atomic E-state index is 9.97. The summed E-state index contributed by atoms with van der Waals surface area (Å²) in [7, 11) is 0. The first-order valence-corrected chi connectivity index (χ1v) is 6.27. The average Bonchev–Trinajstić information content (AvgIpc) is 2.19. The summed E-state index contributed by atoms with van der Waals surface area (Å²) in [4.78, 5) is 0. The first-order chi connectivity index (χ1) is 7.20. The van der Waals surface area contributed by atoms with Crippen molar-refractivity contribution in [3.63, 3.8) is 0 Å². The van der Waals surface area contributed by atoms with Gasteiger partial charge in [-0.15, -0.1) is 6.58 Å². The molecule has 1 unspecified atom stereocenters. The number of aliphatic hydroxyl groups is 1. The van der Waals surface area contributed by atoms with Gasteiger partial charge in [-0.3, -0.25) is 0 Å². The first kappa shape index (κ1) is 12.7. The van der Waals surface area contributed by atoms with Crippen LogP contribution in [0.2, 0.25) is 0 Å². The van der Waals surface area contributed by atoms with E-state index in [1.165, 1.54) is 19.3 Å². The molecule has 0 aliphatic heterocycles. The van der Waals surface area contributed by atoms with E-state index in [4.69, 9.17) is 0 Å². The van der Waals surface area contributed by atoms with Crippen molar-refractivity contribution in [3.05, 3.63) is 12.7 Å². The van der Waals surface area contributed by atoms with Gasteiger partial charge in [0.15, 0.2) is 0 Å². The van der Waals surface area contributed by atoms with E-state index in [-0.39, 0.29) is 5.60 Å². The van der Waals surface area contributed by atoms with Crippen molar-refractivity contribution >= 4 is 0 Å². The zero-order chi connectivity index (χ0) is 11.1. The van der Waals surface area contributed by atoms with Crippen LogP contribution >= 0.6 is 0 Å². The van der Waals surface area contributed by atoms with E-state index in [0.29, 0.717) is 6.04 Å². The van der Waals surface area contributed by atoms with Gasteiger partial charge in [0.1, 0.15) is 0 Å². The van der Waals surface area contributed by atoms with Gasteiger partial charge in [-0.1, -0.05) is 19.4 Å². The van der Waals surface area contributed by atoms with Crippen LogP contribution in [-0.4, -0.2) is 23.3 Å².